The van der Waals surface area contributed by atoms with Crippen molar-refractivity contribution in [2.45, 2.75) is 33.2 Å². The Balaban J connectivity index is 1.46. The molecule has 26 heavy (non-hydrogen) atoms. The molecule has 0 N–H and O–H groups in total. The molecule has 5 heteroatoms. The molecule has 2 saturated heterocycles. The van der Waals surface area contributed by atoms with Crippen LogP contribution in [0.2, 0.25) is 0 Å². The van der Waals surface area contributed by atoms with Gasteiger partial charge in [0.15, 0.2) is 0 Å². The van der Waals surface area contributed by atoms with Gasteiger partial charge in [0.25, 0.3) is 5.91 Å². The van der Waals surface area contributed by atoms with Crippen LogP contribution in [0, 0.1) is 19.3 Å². The normalized spacial score (nSPS) is 22.6. The molecule has 1 atom stereocenters. The summed E-state index contributed by atoms with van der Waals surface area (Å²) in [5.74, 6) is 0.797. The molecule has 2 aliphatic rings. The van der Waals surface area contributed by atoms with Gasteiger partial charge in [-0.1, -0.05) is 29.8 Å². The summed E-state index contributed by atoms with van der Waals surface area (Å²) >= 11 is 0. The lowest BCUT2D eigenvalue weighted by atomic mass is 9.85. The van der Waals surface area contributed by atoms with Crippen molar-refractivity contribution in [3.8, 4) is 0 Å². The van der Waals surface area contributed by atoms with Crippen LogP contribution in [0.5, 0.6) is 0 Å². The quantitative estimate of drug-likeness (QED) is 0.853. The van der Waals surface area contributed by atoms with E-state index in [-0.39, 0.29) is 11.8 Å². The van der Waals surface area contributed by atoms with Crippen LogP contribution in [0.15, 0.2) is 41.0 Å². The van der Waals surface area contributed by atoms with E-state index in [1.54, 1.807) is 19.3 Å². The van der Waals surface area contributed by atoms with Crippen LogP contribution >= 0.6 is 0 Å². The van der Waals surface area contributed by atoms with Gasteiger partial charge in [-0.15, -0.1) is 0 Å². The molecular formula is C21H24N2O3. The predicted octanol–water partition coefficient (Wildman–Crippen LogP) is 3.16. The number of furan rings is 1. The zero-order valence-electron chi connectivity index (χ0n) is 15.3. The summed E-state index contributed by atoms with van der Waals surface area (Å²) in [5.41, 5.74) is 2.56. The first-order chi connectivity index (χ1) is 12.5. The maximum atomic E-state index is 13.1. The molecule has 2 fully saturated rings. The fourth-order valence-electron chi connectivity index (χ4n) is 4.28. The molecule has 2 amide bonds. The van der Waals surface area contributed by atoms with Gasteiger partial charge in [-0.05, 0) is 38.3 Å². The van der Waals surface area contributed by atoms with Crippen LogP contribution in [0.3, 0.4) is 0 Å². The third-order valence-corrected chi connectivity index (χ3v) is 5.79. The molecule has 2 aromatic rings. The molecule has 4 rings (SSSR count). The van der Waals surface area contributed by atoms with Crippen molar-refractivity contribution in [2.24, 2.45) is 5.41 Å². The van der Waals surface area contributed by atoms with Gasteiger partial charge in [-0.25, -0.2) is 0 Å². The van der Waals surface area contributed by atoms with E-state index in [4.69, 9.17) is 4.42 Å². The van der Waals surface area contributed by atoms with Gasteiger partial charge >= 0.3 is 0 Å². The lowest BCUT2D eigenvalue weighted by Crippen LogP contribution is -2.38. The molecule has 1 aromatic carbocycles. The fourth-order valence-corrected chi connectivity index (χ4v) is 4.28. The van der Waals surface area contributed by atoms with Crippen LogP contribution in [0.1, 0.15) is 40.1 Å². The van der Waals surface area contributed by atoms with Crippen molar-refractivity contribution in [3.05, 3.63) is 59.0 Å². The Morgan fingerprint density at radius 1 is 1.19 bits per heavy atom. The van der Waals surface area contributed by atoms with Crippen LogP contribution in [0.25, 0.3) is 0 Å². The van der Waals surface area contributed by atoms with Gasteiger partial charge in [0.1, 0.15) is 5.76 Å². The van der Waals surface area contributed by atoms with E-state index in [0.717, 1.165) is 24.9 Å². The first kappa shape index (κ1) is 16.9. The largest absolute Gasteiger partial charge is 0.469 e. The average Bonchev–Trinajstić information content (AvgIpc) is 3.31. The number of hydrogen-bond acceptors (Lipinski definition) is 3. The average molecular weight is 352 g/mol. The van der Waals surface area contributed by atoms with E-state index in [9.17, 15) is 9.59 Å². The van der Waals surface area contributed by atoms with E-state index in [1.807, 2.05) is 15.9 Å². The second kappa shape index (κ2) is 6.31. The van der Waals surface area contributed by atoms with Crippen LogP contribution in [0.4, 0.5) is 0 Å². The molecule has 0 aliphatic carbocycles. The Labute approximate surface area is 153 Å². The van der Waals surface area contributed by atoms with Gasteiger partial charge < -0.3 is 14.2 Å². The molecule has 3 heterocycles. The number of hydrogen-bond donors (Lipinski definition) is 0. The molecule has 2 aliphatic heterocycles. The number of carbonyl (C=O) groups is 2. The summed E-state index contributed by atoms with van der Waals surface area (Å²) in [5, 5.41) is 0. The summed E-state index contributed by atoms with van der Waals surface area (Å²) in [4.78, 5) is 29.6. The minimum absolute atomic E-state index is 0.0296. The molecule has 1 spiro atoms. The Morgan fingerprint density at radius 3 is 2.73 bits per heavy atom. The molecular weight excluding hydrogens is 328 g/mol. The molecule has 1 aromatic heterocycles. The number of rotatable bonds is 3. The Morgan fingerprint density at radius 2 is 2.00 bits per heavy atom. The molecule has 0 radical (unpaired) electrons. The maximum Gasteiger partial charge on any atom is 0.257 e. The van der Waals surface area contributed by atoms with Crippen molar-refractivity contribution in [3.63, 3.8) is 0 Å². The zero-order chi connectivity index (χ0) is 18.3. The van der Waals surface area contributed by atoms with Crippen molar-refractivity contribution < 1.29 is 14.0 Å². The van der Waals surface area contributed by atoms with Crippen molar-refractivity contribution in [1.29, 1.82) is 0 Å². The van der Waals surface area contributed by atoms with E-state index in [1.165, 1.54) is 5.56 Å². The topological polar surface area (TPSA) is 53.8 Å². The minimum atomic E-state index is -0.406. The van der Waals surface area contributed by atoms with Crippen molar-refractivity contribution >= 4 is 11.8 Å². The standard InChI is InChI=1S/C21H24N2O3/c1-15-4-3-5-17(12-15)13-22-9-7-21(20(22)25)8-10-23(14-21)19(24)18-6-11-26-16(18)2/h3-6,11-12H,7-10,13-14H2,1-2H3/t21-/m0/s1. The molecule has 136 valence electrons. The number of benzene rings is 1. The first-order valence-electron chi connectivity index (χ1n) is 9.17. The highest BCUT2D eigenvalue weighted by Crippen LogP contribution is 2.41. The summed E-state index contributed by atoms with van der Waals surface area (Å²) < 4.78 is 5.25. The van der Waals surface area contributed by atoms with E-state index in [2.05, 4.69) is 25.1 Å². The Hall–Kier alpha value is -2.56. The van der Waals surface area contributed by atoms with Gasteiger partial charge in [-0.3, -0.25) is 9.59 Å². The zero-order valence-corrected chi connectivity index (χ0v) is 15.3. The number of amides is 2. The fraction of sp³-hybridized carbons (Fsp3) is 0.429. The van der Waals surface area contributed by atoms with Crippen molar-refractivity contribution in [2.75, 3.05) is 19.6 Å². The third-order valence-electron chi connectivity index (χ3n) is 5.79. The number of carbonyl (C=O) groups excluding carboxylic acids is 2. The summed E-state index contributed by atoms with van der Waals surface area (Å²) in [7, 11) is 0. The monoisotopic (exact) mass is 352 g/mol. The predicted molar refractivity (Wildman–Crippen MR) is 97.6 cm³/mol. The van der Waals surface area contributed by atoms with Crippen LogP contribution in [-0.2, 0) is 11.3 Å². The highest BCUT2D eigenvalue weighted by Gasteiger charge is 2.51. The Bertz CT molecular complexity index is 856. The second-order valence-corrected chi connectivity index (χ2v) is 7.61. The smallest absolute Gasteiger partial charge is 0.257 e. The highest BCUT2D eigenvalue weighted by atomic mass is 16.3. The van der Waals surface area contributed by atoms with E-state index >= 15 is 0 Å². The van der Waals surface area contributed by atoms with Crippen LogP contribution in [-0.4, -0.2) is 41.2 Å². The van der Waals surface area contributed by atoms with E-state index < -0.39 is 5.41 Å². The minimum Gasteiger partial charge on any atom is -0.469 e. The molecule has 0 saturated carbocycles. The van der Waals surface area contributed by atoms with Gasteiger partial charge in [0, 0.05) is 26.2 Å². The summed E-state index contributed by atoms with van der Waals surface area (Å²) in [6.45, 7) is 6.42. The summed E-state index contributed by atoms with van der Waals surface area (Å²) in [6.07, 6.45) is 3.11. The Kier molecular flexibility index (Phi) is 4.10. The SMILES string of the molecule is Cc1cccc(CN2CC[C@@]3(CCN(C(=O)c4ccoc4C)C3)C2=O)c1. The number of aryl methyl sites for hydroxylation is 2. The van der Waals surface area contributed by atoms with Gasteiger partial charge in [-0.2, -0.15) is 0 Å². The number of likely N-dealkylation sites (tertiary alicyclic amines) is 2. The second-order valence-electron chi connectivity index (χ2n) is 7.61. The van der Waals surface area contributed by atoms with Crippen LogP contribution < -0.4 is 0 Å². The molecule has 0 bridgehead atoms. The highest BCUT2D eigenvalue weighted by molar-refractivity contribution is 5.96. The third kappa shape index (κ3) is 2.81. The summed E-state index contributed by atoms with van der Waals surface area (Å²) in [6, 6.07) is 10.0. The molecule has 0 unspecified atom stereocenters. The van der Waals surface area contributed by atoms with Crippen molar-refractivity contribution in [1.82, 2.24) is 9.80 Å². The van der Waals surface area contributed by atoms with E-state index in [0.29, 0.717) is 31.0 Å². The lowest BCUT2D eigenvalue weighted by molar-refractivity contribution is -0.135. The maximum absolute atomic E-state index is 13.1. The number of nitrogens with zero attached hydrogens (tertiary/aromatic N) is 2. The first-order valence-corrected chi connectivity index (χ1v) is 9.17. The molecule has 5 nitrogen and oxygen atoms in total. The van der Waals surface area contributed by atoms with Gasteiger partial charge in [0.2, 0.25) is 5.91 Å². The lowest BCUT2D eigenvalue weighted by Gasteiger charge is -2.24. The van der Waals surface area contributed by atoms with Gasteiger partial charge in [0.05, 0.1) is 17.2 Å².